The molecule has 1 aromatic rings. The summed E-state index contributed by atoms with van der Waals surface area (Å²) >= 11 is 0. The van der Waals surface area contributed by atoms with Gasteiger partial charge in [0.05, 0.1) is 0 Å². The number of hydrogen-bond acceptors (Lipinski definition) is 2. The quantitative estimate of drug-likeness (QED) is 0.218. The lowest BCUT2D eigenvalue weighted by atomic mass is 10.0. The Kier molecular flexibility index (Phi) is 14.9. The van der Waals surface area contributed by atoms with Crippen molar-refractivity contribution in [3.8, 4) is 0 Å². The molecule has 0 aliphatic carbocycles. The van der Waals surface area contributed by atoms with Gasteiger partial charge in [0.25, 0.3) is 0 Å². The molecule has 0 spiro atoms. The number of benzene rings is 1. The summed E-state index contributed by atoms with van der Waals surface area (Å²) in [6, 6.07) is 8.77. The Labute approximate surface area is 179 Å². The highest BCUT2D eigenvalue weighted by Crippen LogP contribution is 2.20. The number of nitrogens with two attached hydrogens (primary N) is 1. The SMILES string of the molecule is CN(C)c1ccccc1CCCCCCCC/C=C\CCCCCCCC(N)=O. The summed E-state index contributed by atoms with van der Waals surface area (Å²) in [4.78, 5) is 12.9. The Morgan fingerprint density at radius 3 is 1.90 bits per heavy atom. The summed E-state index contributed by atoms with van der Waals surface area (Å²) < 4.78 is 0. The van der Waals surface area contributed by atoms with Crippen molar-refractivity contribution in [2.75, 3.05) is 19.0 Å². The summed E-state index contributed by atoms with van der Waals surface area (Å²) in [6.45, 7) is 0. The highest BCUT2D eigenvalue weighted by atomic mass is 16.1. The van der Waals surface area contributed by atoms with Crippen molar-refractivity contribution in [3.05, 3.63) is 42.0 Å². The van der Waals surface area contributed by atoms with Crippen molar-refractivity contribution in [2.45, 2.75) is 96.3 Å². The van der Waals surface area contributed by atoms with E-state index in [1.54, 1.807) is 0 Å². The van der Waals surface area contributed by atoms with Crippen LogP contribution in [0.3, 0.4) is 0 Å². The van der Waals surface area contributed by atoms with Crippen LogP contribution in [0, 0.1) is 0 Å². The van der Waals surface area contributed by atoms with Gasteiger partial charge in [-0.3, -0.25) is 4.79 Å². The second-order valence-electron chi connectivity index (χ2n) is 8.43. The molecule has 164 valence electrons. The largest absolute Gasteiger partial charge is 0.377 e. The van der Waals surface area contributed by atoms with Crippen molar-refractivity contribution >= 4 is 11.6 Å². The molecule has 0 unspecified atom stereocenters. The zero-order chi connectivity index (χ0) is 21.2. The standard InChI is InChI=1S/C26H44N2O/c1-28(2)25-22-19-18-21-24(25)20-16-14-12-10-8-6-4-3-5-7-9-11-13-15-17-23-26(27)29/h3,5,18-19,21-22H,4,6-17,20,23H2,1-2H3,(H2,27,29)/b5-3-. The van der Waals surface area contributed by atoms with Crippen molar-refractivity contribution in [1.29, 1.82) is 0 Å². The van der Waals surface area contributed by atoms with Gasteiger partial charge in [0.1, 0.15) is 0 Å². The first-order valence-corrected chi connectivity index (χ1v) is 11.8. The molecule has 1 rings (SSSR count). The molecule has 0 saturated heterocycles. The molecule has 0 atom stereocenters. The van der Waals surface area contributed by atoms with Crippen LogP contribution in [-0.2, 0) is 11.2 Å². The fourth-order valence-corrected chi connectivity index (χ4v) is 3.77. The molecule has 0 aliphatic heterocycles. The summed E-state index contributed by atoms with van der Waals surface area (Å²) in [5.41, 5.74) is 7.98. The van der Waals surface area contributed by atoms with E-state index in [2.05, 4.69) is 55.4 Å². The third kappa shape index (κ3) is 13.9. The van der Waals surface area contributed by atoms with Gasteiger partial charge in [0.15, 0.2) is 0 Å². The fourth-order valence-electron chi connectivity index (χ4n) is 3.77. The number of carbonyl (C=O) groups is 1. The van der Waals surface area contributed by atoms with Crippen molar-refractivity contribution in [2.24, 2.45) is 5.73 Å². The topological polar surface area (TPSA) is 46.3 Å². The van der Waals surface area contributed by atoms with Crippen LogP contribution >= 0.6 is 0 Å². The number of unbranched alkanes of at least 4 members (excludes halogenated alkanes) is 11. The lowest BCUT2D eigenvalue weighted by Gasteiger charge is -2.17. The molecular formula is C26H44N2O. The number of anilines is 1. The van der Waals surface area contributed by atoms with Gasteiger partial charge in [0, 0.05) is 26.2 Å². The smallest absolute Gasteiger partial charge is 0.217 e. The number of aryl methyl sites for hydroxylation is 1. The minimum absolute atomic E-state index is 0.168. The molecule has 0 bridgehead atoms. The van der Waals surface area contributed by atoms with Crippen LogP contribution in [0.5, 0.6) is 0 Å². The Balaban J connectivity index is 1.88. The van der Waals surface area contributed by atoms with Gasteiger partial charge < -0.3 is 10.6 Å². The Bertz CT molecular complexity index is 566. The molecule has 3 heteroatoms. The first-order chi connectivity index (χ1) is 14.1. The van der Waals surface area contributed by atoms with Gasteiger partial charge in [-0.1, -0.05) is 75.3 Å². The first kappa shape index (κ1) is 25.3. The highest BCUT2D eigenvalue weighted by Gasteiger charge is 2.03. The van der Waals surface area contributed by atoms with Gasteiger partial charge in [-0.25, -0.2) is 0 Å². The van der Waals surface area contributed by atoms with E-state index in [1.807, 2.05) is 0 Å². The zero-order valence-electron chi connectivity index (χ0n) is 19.0. The van der Waals surface area contributed by atoms with Crippen LogP contribution in [0.2, 0.25) is 0 Å². The van der Waals surface area contributed by atoms with Crippen LogP contribution < -0.4 is 10.6 Å². The van der Waals surface area contributed by atoms with Gasteiger partial charge in [-0.15, -0.1) is 0 Å². The van der Waals surface area contributed by atoms with Crippen LogP contribution in [0.15, 0.2) is 36.4 Å². The predicted octanol–water partition coefficient (Wildman–Crippen LogP) is 6.80. The fraction of sp³-hybridized carbons (Fsp3) is 0.654. The molecule has 1 aromatic carbocycles. The first-order valence-electron chi connectivity index (χ1n) is 11.8. The van der Waals surface area contributed by atoms with E-state index in [0.29, 0.717) is 6.42 Å². The van der Waals surface area contributed by atoms with Crippen LogP contribution in [0.25, 0.3) is 0 Å². The molecule has 0 heterocycles. The maximum absolute atomic E-state index is 10.6. The molecule has 1 amide bonds. The van der Waals surface area contributed by atoms with E-state index < -0.39 is 0 Å². The zero-order valence-corrected chi connectivity index (χ0v) is 19.0. The molecule has 2 N–H and O–H groups in total. The third-order valence-corrected chi connectivity index (χ3v) is 5.50. The van der Waals surface area contributed by atoms with Crippen LogP contribution in [-0.4, -0.2) is 20.0 Å². The van der Waals surface area contributed by atoms with Crippen LogP contribution in [0.4, 0.5) is 5.69 Å². The minimum Gasteiger partial charge on any atom is -0.377 e. The van der Waals surface area contributed by atoms with Gasteiger partial charge >= 0.3 is 0 Å². The van der Waals surface area contributed by atoms with Crippen LogP contribution in [0.1, 0.15) is 95.5 Å². The van der Waals surface area contributed by atoms with Gasteiger partial charge in [-0.05, 0) is 56.6 Å². The minimum atomic E-state index is -0.168. The van der Waals surface area contributed by atoms with Gasteiger partial charge in [0.2, 0.25) is 5.91 Å². The third-order valence-electron chi connectivity index (χ3n) is 5.50. The molecule has 0 aliphatic rings. The number of nitrogens with zero attached hydrogens (tertiary/aromatic N) is 1. The number of amides is 1. The van der Waals surface area contributed by atoms with E-state index in [4.69, 9.17) is 5.73 Å². The van der Waals surface area contributed by atoms with E-state index in [-0.39, 0.29) is 5.91 Å². The lowest BCUT2D eigenvalue weighted by molar-refractivity contribution is -0.118. The van der Waals surface area contributed by atoms with Crippen molar-refractivity contribution in [3.63, 3.8) is 0 Å². The Morgan fingerprint density at radius 2 is 1.31 bits per heavy atom. The summed E-state index contributed by atoms with van der Waals surface area (Å²) in [6.07, 6.45) is 22.8. The van der Waals surface area contributed by atoms with E-state index in [9.17, 15) is 4.79 Å². The second-order valence-corrected chi connectivity index (χ2v) is 8.43. The lowest BCUT2D eigenvalue weighted by Crippen LogP contribution is -2.11. The number of para-hydroxylation sites is 1. The molecule has 0 radical (unpaired) electrons. The number of carbonyl (C=O) groups excluding carboxylic acids is 1. The summed E-state index contributed by atoms with van der Waals surface area (Å²) in [5.74, 6) is -0.168. The molecule has 0 fully saturated rings. The number of rotatable bonds is 18. The molecule has 29 heavy (non-hydrogen) atoms. The Morgan fingerprint density at radius 1 is 0.793 bits per heavy atom. The molecule has 0 aromatic heterocycles. The normalized spacial score (nSPS) is 11.2. The number of hydrogen-bond donors (Lipinski definition) is 1. The van der Waals surface area contributed by atoms with E-state index >= 15 is 0 Å². The highest BCUT2D eigenvalue weighted by molar-refractivity contribution is 5.73. The van der Waals surface area contributed by atoms with Crippen molar-refractivity contribution < 1.29 is 4.79 Å². The molecular weight excluding hydrogens is 356 g/mol. The average Bonchev–Trinajstić information content (AvgIpc) is 2.70. The summed E-state index contributed by atoms with van der Waals surface area (Å²) in [5, 5.41) is 0. The maximum Gasteiger partial charge on any atom is 0.217 e. The number of allylic oxidation sites excluding steroid dienone is 2. The predicted molar refractivity (Wildman–Crippen MR) is 127 cm³/mol. The van der Waals surface area contributed by atoms with Gasteiger partial charge in [-0.2, -0.15) is 0 Å². The Hall–Kier alpha value is -1.77. The molecule has 3 nitrogen and oxygen atoms in total. The second kappa shape index (κ2) is 17.1. The monoisotopic (exact) mass is 400 g/mol. The van der Waals surface area contributed by atoms with E-state index in [1.165, 1.54) is 88.3 Å². The average molecular weight is 401 g/mol. The van der Waals surface area contributed by atoms with Crippen molar-refractivity contribution in [1.82, 2.24) is 0 Å². The number of primary amides is 1. The molecule has 0 saturated carbocycles. The van der Waals surface area contributed by atoms with E-state index in [0.717, 1.165) is 12.8 Å². The maximum atomic E-state index is 10.6. The summed E-state index contributed by atoms with van der Waals surface area (Å²) in [7, 11) is 4.25.